The molecule has 2 aromatic rings. The summed E-state index contributed by atoms with van der Waals surface area (Å²) in [5, 5.41) is 1.03. The number of ether oxygens (including phenoxy) is 1. The number of halogens is 2. The summed E-state index contributed by atoms with van der Waals surface area (Å²) >= 11 is 11.9. The number of rotatable bonds is 4. The molecule has 0 heterocycles. The molecule has 2 nitrogen and oxygen atoms in total. The zero-order valence-corrected chi connectivity index (χ0v) is 11.8. The average molecular weight is 295 g/mol. The normalized spacial score (nSPS) is 10.3. The maximum atomic E-state index is 11.9. The predicted molar refractivity (Wildman–Crippen MR) is 77.5 cm³/mol. The molecular weight excluding hydrogens is 283 g/mol. The van der Waals surface area contributed by atoms with E-state index in [1.54, 1.807) is 36.4 Å². The second-order valence-corrected chi connectivity index (χ2v) is 5.00. The first-order chi connectivity index (χ1) is 9.06. The fourth-order valence-electron chi connectivity index (χ4n) is 1.61. The molecule has 0 aliphatic rings. The fourth-order valence-corrected chi connectivity index (χ4v) is 2.09. The number of ketones is 1. The molecule has 0 atom stereocenters. The number of hydrogen-bond donors (Lipinski definition) is 0. The Balaban J connectivity index is 2.04. The number of hydrogen-bond acceptors (Lipinski definition) is 2. The molecule has 0 N–H and O–H groups in total. The van der Waals surface area contributed by atoms with Crippen molar-refractivity contribution in [2.75, 3.05) is 6.61 Å². The molecule has 0 saturated carbocycles. The summed E-state index contributed by atoms with van der Waals surface area (Å²) in [6.45, 7) is 1.87. The molecule has 2 rings (SSSR count). The van der Waals surface area contributed by atoms with Crippen molar-refractivity contribution in [2.45, 2.75) is 6.92 Å². The van der Waals surface area contributed by atoms with E-state index in [0.29, 0.717) is 21.4 Å². The summed E-state index contributed by atoms with van der Waals surface area (Å²) in [5.74, 6) is 0.363. The van der Waals surface area contributed by atoms with Crippen molar-refractivity contribution in [3.8, 4) is 5.75 Å². The van der Waals surface area contributed by atoms with Crippen molar-refractivity contribution in [3.05, 3.63) is 63.6 Å². The molecular formula is C15H12Cl2O2. The average Bonchev–Trinajstić information content (AvgIpc) is 2.37. The van der Waals surface area contributed by atoms with Crippen LogP contribution in [0.4, 0.5) is 0 Å². The van der Waals surface area contributed by atoms with E-state index in [4.69, 9.17) is 27.9 Å². The van der Waals surface area contributed by atoms with Gasteiger partial charge in [0.15, 0.2) is 12.4 Å². The summed E-state index contributed by atoms with van der Waals surface area (Å²) in [7, 11) is 0. The molecule has 0 aromatic heterocycles. The first-order valence-electron chi connectivity index (χ1n) is 5.74. The Morgan fingerprint density at radius 3 is 2.63 bits per heavy atom. The van der Waals surface area contributed by atoms with Crippen LogP contribution < -0.4 is 4.74 Å². The zero-order valence-electron chi connectivity index (χ0n) is 10.3. The number of aryl methyl sites for hydroxylation is 1. The van der Waals surface area contributed by atoms with Crippen LogP contribution >= 0.6 is 23.2 Å². The standard InChI is InChI=1S/C15H12Cl2O2/c1-10-5-6-15(13(17)7-10)19-9-14(18)11-3-2-4-12(16)8-11/h2-8H,9H2,1H3. The molecule has 0 unspecified atom stereocenters. The maximum Gasteiger partial charge on any atom is 0.200 e. The molecule has 0 amide bonds. The van der Waals surface area contributed by atoms with Gasteiger partial charge in [-0.05, 0) is 36.8 Å². The van der Waals surface area contributed by atoms with Gasteiger partial charge in [0, 0.05) is 10.6 Å². The summed E-state index contributed by atoms with van der Waals surface area (Å²) in [5.41, 5.74) is 1.56. The van der Waals surface area contributed by atoms with Gasteiger partial charge in [-0.3, -0.25) is 4.79 Å². The quantitative estimate of drug-likeness (QED) is 0.773. The minimum atomic E-state index is -0.140. The van der Waals surface area contributed by atoms with Crippen LogP contribution in [0, 0.1) is 6.92 Å². The van der Waals surface area contributed by atoms with E-state index in [2.05, 4.69) is 0 Å². The Labute approximate surface area is 121 Å². The molecule has 0 spiro atoms. The molecule has 19 heavy (non-hydrogen) atoms. The molecule has 0 fully saturated rings. The number of carbonyl (C=O) groups is 1. The molecule has 0 bridgehead atoms. The summed E-state index contributed by atoms with van der Waals surface area (Å²) < 4.78 is 5.42. The minimum absolute atomic E-state index is 0.0663. The van der Waals surface area contributed by atoms with Crippen LogP contribution in [0.15, 0.2) is 42.5 Å². The smallest absolute Gasteiger partial charge is 0.200 e. The second-order valence-electron chi connectivity index (χ2n) is 4.16. The van der Waals surface area contributed by atoms with Gasteiger partial charge in [0.05, 0.1) is 5.02 Å². The summed E-state index contributed by atoms with van der Waals surface area (Å²) in [6, 6.07) is 12.2. The van der Waals surface area contributed by atoms with Crippen LogP contribution in [0.3, 0.4) is 0 Å². The lowest BCUT2D eigenvalue weighted by Gasteiger charge is -2.08. The van der Waals surface area contributed by atoms with Gasteiger partial charge in [-0.1, -0.05) is 41.4 Å². The van der Waals surface area contributed by atoms with Crippen LogP contribution in [-0.4, -0.2) is 12.4 Å². The lowest BCUT2D eigenvalue weighted by Crippen LogP contribution is -2.11. The van der Waals surface area contributed by atoms with Crippen molar-refractivity contribution >= 4 is 29.0 Å². The van der Waals surface area contributed by atoms with Crippen molar-refractivity contribution in [1.29, 1.82) is 0 Å². The Morgan fingerprint density at radius 1 is 1.16 bits per heavy atom. The minimum Gasteiger partial charge on any atom is -0.484 e. The molecule has 0 aliphatic heterocycles. The van der Waals surface area contributed by atoms with E-state index in [0.717, 1.165) is 5.56 Å². The van der Waals surface area contributed by atoms with Crippen molar-refractivity contribution < 1.29 is 9.53 Å². The Hall–Kier alpha value is -1.51. The third-order valence-corrected chi connectivity index (χ3v) is 3.12. The maximum absolute atomic E-state index is 11.9. The van der Waals surface area contributed by atoms with E-state index < -0.39 is 0 Å². The lowest BCUT2D eigenvalue weighted by molar-refractivity contribution is 0.0921. The van der Waals surface area contributed by atoms with Crippen molar-refractivity contribution in [2.24, 2.45) is 0 Å². The number of benzene rings is 2. The van der Waals surface area contributed by atoms with Gasteiger partial charge in [0.1, 0.15) is 5.75 Å². The van der Waals surface area contributed by atoms with Crippen LogP contribution in [-0.2, 0) is 0 Å². The van der Waals surface area contributed by atoms with Crippen LogP contribution in [0.25, 0.3) is 0 Å². The van der Waals surface area contributed by atoms with Crippen LogP contribution in [0.2, 0.25) is 10.0 Å². The van der Waals surface area contributed by atoms with Gasteiger partial charge < -0.3 is 4.74 Å². The highest BCUT2D eigenvalue weighted by atomic mass is 35.5. The molecule has 2 aromatic carbocycles. The SMILES string of the molecule is Cc1ccc(OCC(=O)c2cccc(Cl)c2)c(Cl)c1. The summed E-state index contributed by atoms with van der Waals surface area (Å²) in [6.07, 6.45) is 0. The monoisotopic (exact) mass is 294 g/mol. The number of Topliss-reactive ketones (excluding diaryl/α,β-unsaturated/α-hetero) is 1. The molecule has 0 saturated heterocycles. The Kier molecular flexibility index (Phi) is 4.46. The second kappa shape index (κ2) is 6.09. The van der Waals surface area contributed by atoms with Crippen LogP contribution in [0.5, 0.6) is 5.75 Å². The van der Waals surface area contributed by atoms with E-state index in [1.807, 2.05) is 13.0 Å². The van der Waals surface area contributed by atoms with Gasteiger partial charge >= 0.3 is 0 Å². The van der Waals surface area contributed by atoms with Gasteiger partial charge in [-0.2, -0.15) is 0 Å². The van der Waals surface area contributed by atoms with E-state index in [9.17, 15) is 4.79 Å². The first-order valence-corrected chi connectivity index (χ1v) is 6.49. The molecule has 0 radical (unpaired) electrons. The zero-order chi connectivity index (χ0) is 13.8. The third-order valence-electron chi connectivity index (χ3n) is 2.59. The Morgan fingerprint density at radius 2 is 1.95 bits per heavy atom. The molecule has 98 valence electrons. The van der Waals surface area contributed by atoms with Crippen molar-refractivity contribution in [3.63, 3.8) is 0 Å². The van der Waals surface area contributed by atoms with E-state index >= 15 is 0 Å². The molecule has 0 aliphatic carbocycles. The lowest BCUT2D eigenvalue weighted by atomic mass is 10.1. The fraction of sp³-hybridized carbons (Fsp3) is 0.133. The van der Waals surface area contributed by atoms with Gasteiger partial charge in [-0.25, -0.2) is 0 Å². The third kappa shape index (κ3) is 3.72. The van der Waals surface area contributed by atoms with Gasteiger partial charge in [0.25, 0.3) is 0 Å². The number of carbonyl (C=O) groups excluding carboxylic acids is 1. The van der Waals surface area contributed by atoms with Gasteiger partial charge in [-0.15, -0.1) is 0 Å². The predicted octanol–water partition coefficient (Wildman–Crippen LogP) is 4.56. The van der Waals surface area contributed by atoms with E-state index in [-0.39, 0.29) is 12.4 Å². The Bertz CT molecular complexity index is 609. The highest BCUT2D eigenvalue weighted by Gasteiger charge is 2.09. The highest BCUT2D eigenvalue weighted by molar-refractivity contribution is 6.32. The topological polar surface area (TPSA) is 26.3 Å². The summed E-state index contributed by atoms with van der Waals surface area (Å²) in [4.78, 5) is 11.9. The highest BCUT2D eigenvalue weighted by Crippen LogP contribution is 2.25. The largest absolute Gasteiger partial charge is 0.484 e. The van der Waals surface area contributed by atoms with Crippen molar-refractivity contribution in [1.82, 2.24) is 0 Å². The first kappa shape index (κ1) is 13.9. The molecule has 4 heteroatoms. The van der Waals surface area contributed by atoms with E-state index in [1.165, 1.54) is 0 Å². The van der Waals surface area contributed by atoms with Crippen LogP contribution in [0.1, 0.15) is 15.9 Å². The van der Waals surface area contributed by atoms with Gasteiger partial charge in [0.2, 0.25) is 0 Å².